The highest BCUT2D eigenvalue weighted by atomic mass is 127. The smallest absolute Gasteiger partial charge is 0.191 e. The number of guanidine groups is 1. The summed E-state index contributed by atoms with van der Waals surface area (Å²) >= 11 is 0. The molecule has 0 fully saturated rings. The second-order valence-corrected chi connectivity index (χ2v) is 5.63. The number of aliphatic imine (C=N–C) groups is 1. The number of nitrogens with one attached hydrogen (secondary N) is 2. The number of hydrogen-bond acceptors (Lipinski definition) is 4. The highest BCUT2D eigenvalue weighted by Gasteiger charge is 2.05. The molecule has 0 radical (unpaired) electrons. The monoisotopic (exact) mass is 465 g/mol. The van der Waals surface area contributed by atoms with Crippen LogP contribution in [0.3, 0.4) is 0 Å². The summed E-state index contributed by atoms with van der Waals surface area (Å²) in [5.74, 6) is 1.74. The molecule has 2 N–H and O–H groups in total. The molecule has 0 saturated heterocycles. The first-order chi connectivity index (χ1) is 12.3. The van der Waals surface area contributed by atoms with Gasteiger partial charge in [0.15, 0.2) is 5.96 Å². The molecule has 2 aromatic heterocycles. The summed E-state index contributed by atoms with van der Waals surface area (Å²) in [7, 11) is 1.77. The van der Waals surface area contributed by atoms with E-state index >= 15 is 0 Å². The van der Waals surface area contributed by atoms with E-state index in [-0.39, 0.29) is 24.0 Å². The van der Waals surface area contributed by atoms with Gasteiger partial charge in [0.25, 0.3) is 0 Å². The molecule has 2 heterocycles. The second kappa shape index (κ2) is 10.0. The fourth-order valence-electron chi connectivity index (χ4n) is 2.75. The van der Waals surface area contributed by atoms with Crippen molar-refractivity contribution in [1.82, 2.24) is 30.4 Å². The summed E-state index contributed by atoms with van der Waals surface area (Å²) in [6.45, 7) is 4.23. The van der Waals surface area contributed by atoms with Crippen LogP contribution in [-0.2, 0) is 19.5 Å². The van der Waals surface area contributed by atoms with E-state index in [4.69, 9.17) is 0 Å². The summed E-state index contributed by atoms with van der Waals surface area (Å²) in [6, 6.07) is 10.3. The van der Waals surface area contributed by atoms with E-state index in [1.807, 2.05) is 29.0 Å². The van der Waals surface area contributed by atoms with Crippen molar-refractivity contribution >= 4 is 40.7 Å². The van der Waals surface area contributed by atoms with Crippen LogP contribution in [-0.4, -0.2) is 39.3 Å². The molecule has 3 rings (SSSR count). The van der Waals surface area contributed by atoms with Gasteiger partial charge in [-0.25, -0.2) is 0 Å². The van der Waals surface area contributed by atoms with Crippen molar-refractivity contribution in [3.8, 4) is 0 Å². The van der Waals surface area contributed by atoms with Crippen molar-refractivity contribution in [2.24, 2.45) is 4.99 Å². The van der Waals surface area contributed by atoms with E-state index in [0.29, 0.717) is 6.54 Å². The minimum absolute atomic E-state index is 0. The largest absolute Gasteiger partial charge is 0.355 e. The highest BCUT2D eigenvalue weighted by molar-refractivity contribution is 14.0. The summed E-state index contributed by atoms with van der Waals surface area (Å²) in [5.41, 5.74) is 1.01. The molecule has 7 nitrogen and oxygen atoms in total. The van der Waals surface area contributed by atoms with Gasteiger partial charge < -0.3 is 15.2 Å². The minimum atomic E-state index is 0. The lowest BCUT2D eigenvalue weighted by atomic mass is 10.1. The summed E-state index contributed by atoms with van der Waals surface area (Å²) in [5, 5.41) is 17.0. The van der Waals surface area contributed by atoms with Crippen LogP contribution in [0, 0.1) is 0 Å². The first kappa shape index (κ1) is 20.1. The van der Waals surface area contributed by atoms with Crippen LogP contribution < -0.4 is 10.6 Å². The molecule has 0 amide bonds. The van der Waals surface area contributed by atoms with Gasteiger partial charge in [0.2, 0.25) is 0 Å². The van der Waals surface area contributed by atoms with E-state index in [9.17, 15) is 0 Å². The first-order valence-corrected chi connectivity index (χ1v) is 8.45. The van der Waals surface area contributed by atoms with Crippen LogP contribution in [0.5, 0.6) is 0 Å². The Balaban J connectivity index is 0.00000243. The maximum Gasteiger partial charge on any atom is 0.191 e. The Morgan fingerprint density at radius 2 is 2.04 bits per heavy atom. The third-order valence-corrected chi connectivity index (χ3v) is 4.06. The molecule has 0 bridgehead atoms. The van der Waals surface area contributed by atoms with Gasteiger partial charge in [-0.15, -0.1) is 34.2 Å². The van der Waals surface area contributed by atoms with Gasteiger partial charge in [-0.2, -0.15) is 0 Å². The van der Waals surface area contributed by atoms with Crippen LogP contribution in [0.4, 0.5) is 0 Å². The average Bonchev–Trinajstić information content (AvgIpc) is 3.12. The van der Waals surface area contributed by atoms with Crippen LogP contribution in [0.1, 0.15) is 18.4 Å². The standard InChI is InChI=1S/C18H23N7.HI/c1-3-17-24-23-13-25(17)11-10-21-18(19-2)22-12-16-15-7-5-4-6-14(15)8-9-20-16;/h4-9,13H,3,10-12H2,1-2H3,(H2,19,21,22);1H. The topological polar surface area (TPSA) is 80.0 Å². The number of aryl methyl sites for hydroxylation is 1. The van der Waals surface area contributed by atoms with Gasteiger partial charge in [-0.3, -0.25) is 9.98 Å². The van der Waals surface area contributed by atoms with Crippen molar-refractivity contribution in [3.05, 3.63) is 54.4 Å². The molecule has 0 aliphatic rings. The lowest BCUT2D eigenvalue weighted by Crippen LogP contribution is -2.38. The number of aromatic nitrogens is 4. The zero-order valence-electron chi connectivity index (χ0n) is 15.0. The third kappa shape index (κ3) is 4.90. The predicted molar refractivity (Wildman–Crippen MR) is 115 cm³/mol. The Kier molecular flexibility index (Phi) is 7.76. The molecule has 1 aromatic carbocycles. The van der Waals surface area contributed by atoms with Gasteiger partial charge in [0.1, 0.15) is 12.2 Å². The number of halogens is 1. The van der Waals surface area contributed by atoms with Crippen molar-refractivity contribution < 1.29 is 0 Å². The van der Waals surface area contributed by atoms with E-state index in [2.05, 4.69) is 49.9 Å². The lowest BCUT2D eigenvalue weighted by Gasteiger charge is -2.13. The minimum Gasteiger partial charge on any atom is -0.355 e. The van der Waals surface area contributed by atoms with E-state index in [1.165, 1.54) is 5.39 Å². The van der Waals surface area contributed by atoms with Gasteiger partial charge >= 0.3 is 0 Å². The van der Waals surface area contributed by atoms with Crippen molar-refractivity contribution in [1.29, 1.82) is 0 Å². The fraction of sp³-hybridized carbons (Fsp3) is 0.333. The molecule has 0 aliphatic heterocycles. The molecular weight excluding hydrogens is 441 g/mol. The van der Waals surface area contributed by atoms with Crippen molar-refractivity contribution in [3.63, 3.8) is 0 Å². The van der Waals surface area contributed by atoms with E-state index in [1.54, 1.807) is 13.4 Å². The molecule has 0 spiro atoms. The van der Waals surface area contributed by atoms with Crippen LogP contribution >= 0.6 is 24.0 Å². The molecule has 8 heteroatoms. The maximum absolute atomic E-state index is 4.49. The highest BCUT2D eigenvalue weighted by Crippen LogP contribution is 2.15. The Morgan fingerprint density at radius 3 is 2.85 bits per heavy atom. The summed E-state index contributed by atoms with van der Waals surface area (Å²) < 4.78 is 2.05. The van der Waals surface area contributed by atoms with Crippen LogP contribution in [0.2, 0.25) is 0 Å². The Bertz CT molecular complexity index is 854. The molecule has 26 heavy (non-hydrogen) atoms. The van der Waals surface area contributed by atoms with E-state index in [0.717, 1.165) is 42.4 Å². The quantitative estimate of drug-likeness (QED) is 0.332. The number of benzene rings is 1. The molecule has 138 valence electrons. The summed E-state index contributed by atoms with van der Waals surface area (Å²) in [4.78, 5) is 8.76. The van der Waals surface area contributed by atoms with Gasteiger partial charge in [-0.05, 0) is 11.5 Å². The normalized spacial score (nSPS) is 11.2. The summed E-state index contributed by atoms with van der Waals surface area (Å²) in [6.07, 6.45) is 4.48. The fourth-order valence-corrected chi connectivity index (χ4v) is 2.75. The number of hydrogen-bond donors (Lipinski definition) is 2. The van der Waals surface area contributed by atoms with Crippen molar-refractivity contribution in [2.45, 2.75) is 26.4 Å². The molecule has 0 saturated carbocycles. The van der Waals surface area contributed by atoms with E-state index < -0.39 is 0 Å². The Morgan fingerprint density at radius 1 is 1.19 bits per heavy atom. The molecule has 3 aromatic rings. The molecule has 0 unspecified atom stereocenters. The number of fused-ring (bicyclic) bond motifs is 1. The number of pyridine rings is 1. The third-order valence-electron chi connectivity index (χ3n) is 4.06. The first-order valence-electron chi connectivity index (χ1n) is 8.45. The van der Waals surface area contributed by atoms with Gasteiger partial charge in [-0.1, -0.05) is 31.2 Å². The number of nitrogens with zero attached hydrogens (tertiary/aromatic N) is 5. The van der Waals surface area contributed by atoms with Crippen LogP contribution in [0.25, 0.3) is 10.8 Å². The maximum atomic E-state index is 4.49. The Hall–Kier alpha value is -2.23. The van der Waals surface area contributed by atoms with Crippen molar-refractivity contribution in [2.75, 3.05) is 13.6 Å². The molecule has 0 aliphatic carbocycles. The molecule has 0 atom stereocenters. The SMILES string of the molecule is CCc1nncn1CCNC(=NC)NCc1nccc2ccccc12.I. The number of rotatable bonds is 6. The Labute approximate surface area is 170 Å². The average molecular weight is 465 g/mol. The van der Waals surface area contributed by atoms with Gasteiger partial charge in [0, 0.05) is 38.1 Å². The second-order valence-electron chi connectivity index (χ2n) is 5.63. The lowest BCUT2D eigenvalue weighted by molar-refractivity contribution is 0.632. The van der Waals surface area contributed by atoms with Crippen LogP contribution in [0.15, 0.2) is 47.8 Å². The zero-order valence-corrected chi connectivity index (χ0v) is 17.3. The zero-order chi connectivity index (χ0) is 17.5. The predicted octanol–water partition coefficient (Wildman–Crippen LogP) is 2.37. The van der Waals surface area contributed by atoms with Gasteiger partial charge in [0.05, 0.1) is 12.2 Å². The molecular formula is C18H24IN7.